The first kappa shape index (κ1) is 10.9. The third-order valence-electron chi connectivity index (χ3n) is 2.84. The van der Waals surface area contributed by atoms with Crippen molar-refractivity contribution in [1.29, 1.82) is 0 Å². The van der Waals surface area contributed by atoms with E-state index >= 15 is 0 Å². The molecule has 1 saturated heterocycles. The minimum absolute atomic E-state index is 0.0489. The number of aromatic nitrogens is 1. The second kappa shape index (κ2) is 4.96. The van der Waals surface area contributed by atoms with Gasteiger partial charge in [0.05, 0.1) is 6.42 Å². The highest BCUT2D eigenvalue weighted by atomic mass is 16.4. The predicted octanol–water partition coefficient (Wildman–Crippen LogP) is 1.70. The van der Waals surface area contributed by atoms with Gasteiger partial charge in [0.15, 0.2) is 0 Å². The van der Waals surface area contributed by atoms with Gasteiger partial charge in [-0.25, -0.2) is 4.98 Å². The van der Waals surface area contributed by atoms with Crippen molar-refractivity contribution in [3.8, 4) is 0 Å². The summed E-state index contributed by atoms with van der Waals surface area (Å²) in [7, 11) is 0. The van der Waals surface area contributed by atoms with Crippen molar-refractivity contribution in [2.24, 2.45) is 0 Å². The SMILES string of the molecule is O=C(O)Cc1ccc(N2CCCCC2)nc1. The van der Waals surface area contributed by atoms with Crippen molar-refractivity contribution < 1.29 is 9.90 Å². The maximum atomic E-state index is 10.5. The molecule has 0 spiro atoms. The number of rotatable bonds is 3. The second-order valence-corrected chi connectivity index (χ2v) is 4.14. The Bertz CT molecular complexity index is 356. The molecule has 1 aromatic rings. The zero-order chi connectivity index (χ0) is 11.4. The highest BCUT2D eigenvalue weighted by Gasteiger charge is 2.11. The van der Waals surface area contributed by atoms with Gasteiger partial charge in [-0.05, 0) is 30.9 Å². The topological polar surface area (TPSA) is 53.4 Å². The largest absolute Gasteiger partial charge is 0.481 e. The summed E-state index contributed by atoms with van der Waals surface area (Å²) >= 11 is 0. The van der Waals surface area contributed by atoms with E-state index in [1.807, 2.05) is 12.1 Å². The average molecular weight is 220 g/mol. The molecule has 1 aliphatic heterocycles. The van der Waals surface area contributed by atoms with Crippen LogP contribution in [0.1, 0.15) is 24.8 Å². The number of anilines is 1. The lowest BCUT2D eigenvalue weighted by Crippen LogP contribution is -2.30. The van der Waals surface area contributed by atoms with Crippen LogP contribution in [-0.4, -0.2) is 29.1 Å². The first-order valence-electron chi connectivity index (χ1n) is 5.67. The Balaban J connectivity index is 2.03. The van der Waals surface area contributed by atoms with Crippen LogP contribution in [-0.2, 0) is 11.2 Å². The van der Waals surface area contributed by atoms with Crippen LogP contribution in [0.4, 0.5) is 5.82 Å². The first-order valence-corrected chi connectivity index (χ1v) is 5.67. The van der Waals surface area contributed by atoms with Gasteiger partial charge in [-0.3, -0.25) is 4.79 Å². The van der Waals surface area contributed by atoms with Crippen molar-refractivity contribution in [2.45, 2.75) is 25.7 Å². The lowest BCUT2D eigenvalue weighted by Gasteiger charge is -2.27. The molecule has 4 heteroatoms. The zero-order valence-corrected chi connectivity index (χ0v) is 9.22. The summed E-state index contributed by atoms with van der Waals surface area (Å²) in [6, 6.07) is 3.77. The highest BCUT2D eigenvalue weighted by Crippen LogP contribution is 2.17. The minimum atomic E-state index is -0.812. The molecule has 0 unspecified atom stereocenters. The molecule has 0 atom stereocenters. The standard InChI is InChI=1S/C12H16N2O2/c15-12(16)8-10-4-5-11(13-9-10)14-6-2-1-3-7-14/h4-5,9H,1-3,6-8H2,(H,15,16). The van der Waals surface area contributed by atoms with Crippen LogP contribution in [0.2, 0.25) is 0 Å². The van der Waals surface area contributed by atoms with Gasteiger partial charge < -0.3 is 10.0 Å². The van der Waals surface area contributed by atoms with Gasteiger partial charge in [0.25, 0.3) is 0 Å². The van der Waals surface area contributed by atoms with Crippen LogP contribution in [0.15, 0.2) is 18.3 Å². The number of carboxylic acid groups (broad SMARTS) is 1. The van der Waals surface area contributed by atoms with Crippen LogP contribution in [0.3, 0.4) is 0 Å². The third kappa shape index (κ3) is 2.72. The molecule has 0 aliphatic carbocycles. The summed E-state index contributed by atoms with van der Waals surface area (Å²) < 4.78 is 0. The number of aliphatic carboxylic acids is 1. The smallest absolute Gasteiger partial charge is 0.307 e. The van der Waals surface area contributed by atoms with E-state index in [1.54, 1.807) is 6.20 Å². The van der Waals surface area contributed by atoms with E-state index in [0.717, 1.165) is 24.5 Å². The molecular formula is C12H16N2O2. The number of carboxylic acids is 1. The van der Waals surface area contributed by atoms with E-state index < -0.39 is 5.97 Å². The lowest BCUT2D eigenvalue weighted by atomic mass is 10.1. The molecular weight excluding hydrogens is 204 g/mol. The Morgan fingerprint density at radius 2 is 2.06 bits per heavy atom. The Morgan fingerprint density at radius 3 is 2.62 bits per heavy atom. The summed E-state index contributed by atoms with van der Waals surface area (Å²) in [6.07, 6.45) is 5.45. The van der Waals surface area contributed by atoms with E-state index in [4.69, 9.17) is 5.11 Å². The Hall–Kier alpha value is -1.58. The molecule has 2 heterocycles. The van der Waals surface area contributed by atoms with Gasteiger partial charge in [0, 0.05) is 19.3 Å². The number of carbonyl (C=O) groups is 1. The number of nitrogens with zero attached hydrogens (tertiary/aromatic N) is 2. The lowest BCUT2D eigenvalue weighted by molar-refractivity contribution is -0.136. The van der Waals surface area contributed by atoms with E-state index in [0.29, 0.717) is 0 Å². The van der Waals surface area contributed by atoms with Crippen molar-refractivity contribution in [2.75, 3.05) is 18.0 Å². The summed E-state index contributed by atoms with van der Waals surface area (Å²) in [5.74, 6) is 0.154. The molecule has 4 nitrogen and oxygen atoms in total. The minimum Gasteiger partial charge on any atom is -0.481 e. The van der Waals surface area contributed by atoms with Gasteiger partial charge in [-0.15, -0.1) is 0 Å². The van der Waals surface area contributed by atoms with Crippen LogP contribution >= 0.6 is 0 Å². The zero-order valence-electron chi connectivity index (χ0n) is 9.22. The maximum Gasteiger partial charge on any atom is 0.307 e. The summed E-state index contributed by atoms with van der Waals surface area (Å²) in [6.45, 7) is 2.12. The van der Waals surface area contributed by atoms with Crippen LogP contribution in [0.5, 0.6) is 0 Å². The molecule has 0 radical (unpaired) electrons. The number of piperidine rings is 1. The summed E-state index contributed by atoms with van der Waals surface area (Å²) in [4.78, 5) is 17.1. The number of hydrogen-bond donors (Lipinski definition) is 1. The molecule has 86 valence electrons. The van der Waals surface area contributed by atoms with Crippen molar-refractivity contribution >= 4 is 11.8 Å². The fourth-order valence-electron chi connectivity index (χ4n) is 2.01. The van der Waals surface area contributed by atoms with E-state index in [9.17, 15) is 4.79 Å². The summed E-state index contributed by atoms with van der Waals surface area (Å²) in [5.41, 5.74) is 0.758. The molecule has 1 N–H and O–H groups in total. The molecule has 0 bridgehead atoms. The molecule has 2 rings (SSSR count). The molecule has 1 aromatic heterocycles. The van der Waals surface area contributed by atoms with Crippen molar-refractivity contribution in [3.63, 3.8) is 0 Å². The quantitative estimate of drug-likeness (QED) is 0.842. The van der Waals surface area contributed by atoms with Crippen molar-refractivity contribution in [1.82, 2.24) is 4.98 Å². The maximum absolute atomic E-state index is 10.5. The monoisotopic (exact) mass is 220 g/mol. The summed E-state index contributed by atoms with van der Waals surface area (Å²) in [5, 5.41) is 8.65. The molecule has 1 fully saturated rings. The van der Waals surface area contributed by atoms with E-state index in [-0.39, 0.29) is 6.42 Å². The van der Waals surface area contributed by atoms with Gasteiger partial charge in [0.1, 0.15) is 5.82 Å². The normalized spacial score (nSPS) is 16.1. The number of hydrogen-bond acceptors (Lipinski definition) is 3. The van der Waals surface area contributed by atoms with Gasteiger partial charge in [-0.1, -0.05) is 6.07 Å². The molecule has 0 saturated carbocycles. The Morgan fingerprint density at radius 1 is 1.31 bits per heavy atom. The van der Waals surface area contributed by atoms with Crippen molar-refractivity contribution in [3.05, 3.63) is 23.9 Å². The van der Waals surface area contributed by atoms with E-state index in [1.165, 1.54) is 19.3 Å². The average Bonchev–Trinajstić information content (AvgIpc) is 2.30. The Kier molecular flexibility index (Phi) is 3.39. The van der Waals surface area contributed by atoms with Crippen LogP contribution in [0.25, 0.3) is 0 Å². The van der Waals surface area contributed by atoms with Gasteiger partial charge in [0.2, 0.25) is 0 Å². The Labute approximate surface area is 94.9 Å². The second-order valence-electron chi connectivity index (χ2n) is 4.14. The first-order chi connectivity index (χ1) is 7.75. The van der Waals surface area contributed by atoms with Gasteiger partial charge in [-0.2, -0.15) is 0 Å². The molecule has 16 heavy (non-hydrogen) atoms. The fraction of sp³-hybridized carbons (Fsp3) is 0.500. The highest BCUT2D eigenvalue weighted by molar-refractivity contribution is 5.70. The van der Waals surface area contributed by atoms with Crippen LogP contribution < -0.4 is 4.90 Å². The van der Waals surface area contributed by atoms with E-state index in [2.05, 4.69) is 9.88 Å². The van der Waals surface area contributed by atoms with Gasteiger partial charge >= 0.3 is 5.97 Å². The predicted molar refractivity (Wildman–Crippen MR) is 61.6 cm³/mol. The third-order valence-corrected chi connectivity index (χ3v) is 2.84. The fourth-order valence-corrected chi connectivity index (χ4v) is 2.01. The number of pyridine rings is 1. The molecule has 1 aliphatic rings. The molecule has 0 amide bonds. The molecule has 0 aromatic carbocycles. The van der Waals surface area contributed by atoms with Crippen LogP contribution in [0, 0.1) is 0 Å².